The third-order valence-electron chi connectivity index (χ3n) is 6.97. The Morgan fingerprint density at radius 3 is 2.42 bits per heavy atom. The van der Waals surface area contributed by atoms with Crippen LogP contribution in [0.2, 0.25) is 0 Å². The van der Waals surface area contributed by atoms with Crippen molar-refractivity contribution in [3.8, 4) is 0 Å². The Balaban J connectivity index is 1.86. The minimum absolute atomic E-state index is 0.0109. The molecule has 0 unspecified atom stereocenters. The maximum absolute atomic E-state index is 12.7. The van der Waals surface area contributed by atoms with Gasteiger partial charge in [-0.25, -0.2) is 0 Å². The minimum Gasteiger partial charge on any atom is -0.458 e. The van der Waals surface area contributed by atoms with Crippen molar-refractivity contribution < 1.29 is 34.4 Å². The number of aliphatic hydroxyl groups is 3. The fraction of sp³-hybridized carbons (Fsp3) is 0.538. The van der Waals surface area contributed by atoms with E-state index in [1.54, 1.807) is 6.92 Å². The van der Waals surface area contributed by atoms with Gasteiger partial charge in [0.2, 0.25) is 0 Å². The molecule has 0 aliphatic heterocycles. The van der Waals surface area contributed by atoms with Gasteiger partial charge < -0.3 is 24.8 Å². The number of allylic oxidation sites excluding steroid dienone is 1. The van der Waals surface area contributed by atoms with Gasteiger partial charge in [-0.1, -0.05) is 43.3 Å². The van der Waals surface area contributed by atoms with Gasteiger partial charge in [0, 0.05) is 25.4 Å². The van der Waals surface area contributed by atoms with E-state index in [1.165, 1.54) is 13.0 Å². The van der Waals surface area contributed by atoms with Crippen LogP contribution in [0, 0.1) is 17.3 Å². The summed E-state index contributed by atoms with van der Waals surface area (Å²) in [4.78, 5) is 24.3. The summed E-state index contributed by atoms with van der Waals surface area (Å²) in [7, 11) is 0. The Morgan fingerprint density at radius 1 is 1.12 bits per heavy atom. The highest BCUT2D eigenvalue weighted by Crippen LogP contribution is 2.62. The van der Waals surface area contributed by atoms with Crippen LogP contribution in [0.5, 0.6) is 0 Å². The lowest BCUT2D eigenvalue weighted by atomic mass is 9.95. The summed E-state index contributed by atoms with van der Waals surface area (Å²) in [6, 6.07) is 9.61. The average molecular weight is 459 g/mol. The van der Waals surface area contributed by atoms with Crippen molar-refractivity contribution in [2.45, 2.75) is 58.3 Å². The second-order valence-electron chi connectivity index (χ2n) is 9.33. The molecule has 3 rings (SSSR count). The van der Waals surface area contributed by atoms with E-state index in [-0.39, 0.29) is 24.9 Å². The lowest BCUT2D eigenvalue weighted by Gasteiger charge is -2.26. The van der Waals surface area contributed by atoms with Crippen molar-refractivity contribution in [1.82, 2.24) is 0 Å². The number of fused-ring (bicyclic) bond motifs is 1. The van der Waals surface area contributed by atoms with Crippen LogP contribution >= 0.6 is 0 Å². The maximum atomic E-state index is 12.7. The van der Waals surface area contributed by atoms with Crippen LogP contribution in [0.1, 0.15) is 39.2 Å². The van der Waals surface area contributed by atoms with Gasteiger partial charge in [0.15, 0.2) is 6.10 Å². The Labute approximate surface area is 194 Å². The van der Waals surface area contributed by atoms with E-state index in [1.807, 2.05) is 43.3 Å². The summed E-state index contributed by atoms with van der Waals surface area (Å²) in [5.74, 6) is -0.992. The first-order chi connectivity index (χ1) is 15.7. The van der Waals surface area contributed by atoms with Crippen LogP contribution in [0.25, 0.3) is 0 Å². The van der Waals surface area contributed by atoms with Gasteiger partial charge >= 0.3 is 11.9 Å². The van der Waals surface area contributed by atoms with Gasteiger partial charge in [-0.3, -0.25) is 9.59 Å². The number of rotatable bonds is 7. The molecule has 0 aromatic heterocycles. The third kappa shape index (κ3) is 5.91. The van der Waals surface area contributed by atoms with E-state index in [0.717, 1.165) is 5.56 Å². The number of hydrogen-bond acceptors (Lipinski definition) is 7. The number of aliphatic hydroxyl groups excluding tert-OH is 3. The highest BCUT2D eigenvalue weighted by atomic mass is 16.6. The van der Waals surface area contributed by atoms with Gasteiger partial charge in [0.05, 0.1) is 6.61 Å². The first-order valence-electron chi connectivity index (χ1n) is 11.4. The molecule has 0 radical (unpaired) electrons. The lowest BCUT2D eigenvalue weighted by Crippen LogP contribution is -2.33. The molecule has 0 amide bonds. The molecule has 33 heavy (non-hydrogen) atoms. The molecule has 7 nitrogen and oxygen atoms in total. The molecule has 0 spiro atoms. The summed E-state index contributed by atoms with van der Waals surface area (Å²) in [6.45, 7) is 4.48. The summed E-state index contributed by atoms with van der Waals surface area (Å²) < 4.78 is 11.1. The van der Waals surface area contributed by atoms with Crippen molar-refractivity contribution >= 4 is 11.9 Å². The molecule has 2 aliphatic rings. The quantitative estimate of drug-likeness (QED) is 0.425. The molecule has 7 heteroatoms. The Kier molecular flexibility index (Phi) is 8.10. The normalized spacial score (nSPS) is 34.7. The molecule has 180 valence electrons. The molecule has 1 fully saturated rings. The molecule has 3 N–H and O–H groups in total. The number of esters is 2. The van der Waals surface area contributed by atoms with Gasteiger partial charge in [-0.15, -0.1) is 0 Å². The van der Waals surface area contributed by atoms with E-state index in [9.17, 15) is 24.9 Å². The van der Waals surface area contributed by atoms with E-state index in [4.69, 9.17) is 9.47 Å². The molecule has 1 aromatic rings. The van der Waals surface area contributed by atoms with Crippen molar-refractivity contribution in [2.24, 2.45) is 17.3 Å². The van der Waals surface area contributed by atoms with E-state index in [2.05, 4.69) is 0 Å². The lowest BCUT2D eigenvalue weighted by molar-refractivity contribution is -0.150. The molecular weight excluding hydrogens is 424 g/mol. The second-order valence-corrected chi connectivity index (χ2v) is 9.33. The van der Waals surface area contributed by atoms with Crippen LogP contribution in [-0.2, 0) is 25.5 Å². The molecule has 6 atom stereocenters. The molecule has 0 bridgehead atoms. The van der Waals surface area contributed by atoms with Gasteiger partial charge in [0.25, 0.3) is 0 Å². The first kappa shape index (κ1) is 25.1. The Bertz CT molecular complexity index is 906. The van der Waals surface area contributed by atoms with Crippen LogP contribution in [0.3, 0.4) is 0 Å². The number of aryl methyl sites for hydroxylation is 1. The van der Waals surface area contributed by atoms with Crippen LogP contribution < -0.4 is 0 Å². The summed E-state index contributed by atoms with van der Waals surface area (Å²) in [6.07, 6.45) is 1.62. The smallest absolute Gasteiger partial charge is 0.306 e. The van der Waals surface area contributed by atoms with Crippen molar-refractivity contribution in [2.75, 3.05) is 13.2 Å². The molecule has 1 aromatic carbocycles. The predicted octanol–water partition coefficient (Wildman–Crippen LogP) is 2.34. The minimum atomic E-state index is -1.12. The van der Waals surface area contributed by atoms with Gasteiger partial charge in [-0.05, 0) is 54.4 Å². The summed E-state index contributed by atoms with van der Waals surface area (Å²) in [5.41, 5.74) is 1.60. The van der Waals surface area contributed by atoms with Crippen LogP contribution in [-0.4, -0.2) is 58.8 Å². The fourth-order valence-corrected chi connectivity index (χ4v) is 4.75. The first-order valence-corrected chi connectivity index (χ1v) is 11.4. The Hall–Kier alpha value is -2.48. The SMILES string of the molecule is CC(=O)O[C@@H]1/C=C(\CO)[C@H](OC(=O)CCc2ccccc2)C[C@H]2[C@@H](/C=C(\C)[C@@H]1O)[C@@]2(C)CO. The summed E-state index contributed by atoms with van der Waals surface area (Å²) in [5, 5.41) is 31.0. The molecule has 0 heterocycles. The molecule has 1 saturated carbocycles. The number of carbonyl (C=O) groups excluding carboxylic acids is 2. The molecule has 0 saturated heterocycles. The number of hydrogen-bond donors (Lipinski definition) is 3. The van der Waals surface area contributed by atoms with Crippen LogP contribution in [0.15, 0.2) is 53.6 Å². The summed E-state index contributed by atoms with van der Waals surface area (Å²) >= 11 is 0. The highest BCUT2D eigenvalue weighted by Gasteiger charge is 2.60. The standard InChI is InChI=1S/C26H34O7/c1-16-11-20-21(26(20,3)15-28)13-22(19(14-27)12-23(25(16)31)32-17(2)29)33-24(30)10-9-18-7-5-4-6-8-18/h4-8,11-12,20-23,25,27-28,31H,9-10,13-15H2,1-3H3/b16-11+,19-12+/t20-,21+,22-,23-,25+,26-/m1/s1. The van der Waals surface area contributed by atoms with E-state index in [0.29, 0.717) is 24.0 Å². The van der Waals surface area contributed by atoms with Crippen molar-refractivity contribution in [1.29, 1.82) is 0 Å². The molecule has 2 aliphatic carbocycles. The zero-order valence-electron chi connectivity index (χ0n) is 19.4. The molecular formula is C26H34O7. The highest BCUT2D eigenvalue weighted by molar-refractivity contribution is 5.70. The van der Waals surface area contributed by atoms with Gasteiger partial charge in [0.1, 0.15) is 12.2 Å². The topological polar surface area (TPSA) is 113 Å². The zero-order chi connectivity index (χ0) is 24.2. The second kappa shape index (κ2) is 10.6. The van der Waals surface area contributed by atoms with Gasteiger partial charge in [-0.2, -0.15) is 0 Å². The number of carbonyl (C=O) groups is 2. The Morgan fingerprint density at radius 2 is 1.82 bits per heavy atom. The van der Waals surface area contributed by atoms with E-state index >= 15 is 0 Å². The predicted molar refractivity (Wildman–Crippen MR) is 122 cm³/mol. The fourth-order valence-electron chi connectivity index (χ4n) is 4.75. The number of ether oxygens (including phenoxy) is 2. The zero-order valence-corrected chi connectivity index (χ0v) is 19.4. The van der Waals surface area contributed by atoms with E-state index < -0.39 is 42.3 Å². The average Bonchev–Trinajstić information content (AvgIpc) is 3.35. The third-order valence-corrected chi connectivity index (χ3v) is 6.97. The van der Waals surface area contributed by atoms with Crippen molar-refractivity contribution in [3.63, 3.8) is 0 Å². The van der Waals surface area contributed by atoms with Crippen molar-refractivity contribution in [3.05, 3.63) is 59.2 Å². The number of benzene rings is 1. The maximum Gasteiger partial charge on any atom is 0.306 e. The van der Waals surface area contributed by atoms with Crippen LogP contribution in [0.4, 0.5) is 0 Å². The largest absolute Gasteiger partial charge is 0.458 e. The monoisotopic (exact) mass is 458 g/mol.